The molecule has 0 radical (unpaired) electrons. The number of hydrogen-bond acceptors (Lipinski definition) is 3. The van der Waals surface area contributed by atoms with Crippen molar-refractivity contribution in [2.75, 3.05) is 6.61 Å². The molecule has 0 spiro atoms. The first-order valence-electron chi connectivity index (χ1n) is 5.19. The summed E-state index contributed by atoms with van der Waals surface area (Å²) in [5, 5.41) is 0.667. The maximum Gasteiger partial charge on any atom is 0.330 e. The Morgan fingerprint density at radius 1 is 1.53 bits per heavy atom. The Kier molecular flexibility index (Phi) is 5.43. The Balaban J connectivity index is 2.55. The predicted octanol–water partition coefficient (Wildman–Crippen LogP) is 2.88. The van der Waals surface area contributed by atoms with E-state index in [4.69, 9.17) is 16.3 Å². The van der Waals surface area contributed by atoms with Gasteiger partial charge in [-0.25, -0.2) is 4.79 Å². The first-order chi connectivity index (χ1) is 8.13. The summed E-state index contributed by atoms with van der Waals surface area (Å²) < 4.78 is 4.87. The van der Waals surface area contributed by atoms with Gasteiger partial charge in [-0.1, -0.05) is 36.4 Å². The standard InChI is InChI=1S/C13H14ClNO2/c1-3-8-17-13(16)10(2)15-9-11-4-6-12(14)7-5-11/h3-7,9-10H,1,8H2,2H3/t10-/m0/s1. The van der Waals surface area contributed by atoms with Crippen LogP contribution in [0.5, 0.6) is 0 Å². The maximum absolute atomic E-state index is 11.4. The molecule has 4 heteroatoms. The highest BCUT2D eigenvalue weighted by atomic mass is 35.5. The summed E-state index contributed by atoms with van der Waals surface area (Å²) in [6.07, 6.45) is 3.14. The predicted molar refractivity (Wildman–Crippen MR) is 69.7 cm³/mol. The van der Waals surface area contributed by atoms with E-state index in [9.17, 15) is 4.79 Å². The van der Waals surface area contributed by atoms with Gasteiger partial charge in [-0.2, -0.15) is 0 Å². The quantitative estimate of drug-likeness (QED) is 0.459. The van der Waals surface area contributed by atoms with Gasteiger partial charge in [0.1, 0.15) is 12.6 Å². The number of esters is 1. The van der Waals surface area contributed by atoms with E-state index < -0.39 is 6.04 Å². The third kappa shape index (κ3) is 4.83. The molecule has 0 saturated carbocycles. The highest BCUT2D eigenvalue weighted by Crippen LogP contribution is 2.08. The Hall–Kier alpha value is -1.61. The van der Waals surface area contributed by atoms with Crippen LogP contribution in [0.2, 0.25) is 5.02 Å². The average Bonchev–Trinajstić information content (AvgIpc) is 2.34. The molecule has 0 aliphatic rings. The molecule has 90 valence electrons. The molecule has 0 aliphatic heterocycles. The third-order valence-corrected chi connectivity index (χ3v) is 2.25. The van der Waals surface area contributed by atoms with E-state index in [0.29, 0.717) is 5.02 Å². The van der Waals surface area contributed by atoms with Crippen molar-refractivity contribution in [2.24, 2.45) is 4.99 Å². The normalized spacial score (nSPS) is 12.4. The average molecular weight is 252 g/mol. The Bertz CT molecular complexity index is 412. The molecule has 0 amide bonds. The second kappa shape index (κ2) is 6.86. The molecule has 17 heavy (non-hydrogen) atoms. The Labute approximate surface area is 106 Å². The van der Waals surface area contributed by atoms with Crippen LogP contribution in [0.4, 0.5) is 0 Å². The Morgan fingerprint density at radius 3 is 2.76 bits per heavy atom. The first kappa shape index (κ1) is 13.5. The molecule has 0 aromatic heterocycles. The van der Waals surface area contributed by atoms with E-state index >= 15 is 0 Å². The smallest absolute Gasteiger partial charge is 0.330 e. The lowest BCUT2D eigenvalue weighted by molar-refractivity contribution is -0.143. The molecule has 1 aromatic rings. The topological polar surface area (TPSA) is 38.7 Å². The molecule has 1 rings (SSSR count). The third-order valence-electron chi connectivity index (χ3n) is 2.00. The van der Waals surface area contributed by atoms with Crippen molar-refractivity contribution < 1.29 is 9.53 Å². The lowest BCUT2D eigenvalue weighted by Crippen LogP contribution is -2.18. The van der Waals surface area contributed by atoms with Gasteiger partial charge in [0.2, 0.25) is 0 Å². The van der Waals surface area contributed by atoms with Gasteiger partial charge in [-0.3, -0.25) is 4.99 Å². The zero-order valence-corrected chi connectivity index (χ0v) is 10.4. The highest BCUT2D eigenvalue weighted by molar-refractivity contribution is 6.30. The minimum absolute atomic E-state index is 0.208. The van der Waals surface area contributed by atoms with Crippen molar-refractivity contribution in [3.63, 3.8) is 0 Å². The van der Waals surface area contributed by atoms with Crippen LogP contribution in [0.1, 0.15) is 12.5 Å². The molecule has 1 atom stereocenters. The summed E-state index contributed by atoms with van der Waals surface area (Å²) in [6, 6.07) is 6.67. The number of halogens is 1. The summed E-state index contributed by atoms with van der Waals surface area (Å²) in [5.41, 5.74) is 0.887. The van der Waals surface area contributed by atoms with Gasteiger partial charge in [0, 0.05) is 11.2 Å². The van der Waals surface area contributed by atoms with E-state index in [1.165, 1.54) is 6.08 Å². The van der Waals surface area contributed by atoms with E-state index in [2.05, 4.69) is 11.6 Å². The van der Waals surface area contributed by atoms with Gasteiger partial charge in [0.05, 0.1) is 0 Å². The zero-order chi connectivity index (χ0) is 12.7. The summed E-state index contributed by atoms with van der Waals surface area (Å²) in [7, 11) is 0. The van der Waals surface area contributed by atoms with E-state index in [1.54, 1.807) is 25.3 Å². The molecule has 0 heterocycles. The highest BCUT2D eigenvalue weighted by Gasteiger charge is 2.10. The number of hydrogen-bond donors (Lipinski definition) is 0. The summed E-state index contributed by atoms with van der Waals surface area (Å²) in [5.74, 6) is -0.366. The maximum atomic E-state index is 11.4. The second-order valence-electron chi connectivity index (χ2n) is 3.42. The van der Waals surface area contributed by atoms with Gasteiger partial charge in [0.25, 0.3) is 0 Å². The minimum Gasteiger partial charge on any atom is -0.460 e. The van der Waals surface area contributed by atoms with Crippen molar-refractivity contribution in [2.45, 2.75) is 13.0 Å². The fraction of sp³-hybridized carbons (Fsp3) is 0.231. The summed E-state index contributed by atoms with van der Waals surface area (Å²) in [4.78, 5) is 15.5. The number of benzene rings is 1. The largest absolute Gasteiger partial charge is 0.460 e. The van der Waals surface area contributed by atoms with Crippen LogP contribution < -0.4 is 0 Å². The van der Waals surface area contributed by atoms with E-state index in [0.717, 1.165) is 5.56 Å². The fourth-order valence-corrected chi connectivity index (χ4v) is 1.20. The summed E-state index contributed by atoms with van der Waals surface area (Å²) in [6.45, 7) is 5.35. The van der Waals surface area contributed by atoms with Crippen molar-refractivity contribution in [1.82, 2.24) is 0 Å². The molecule has 0 fully saturated rings. The molecule has 0 saturated heterocycles. The van der Waals surface area contributed by atoms with Gasteiger partial charge >= 0.3 is 5.97 Å². The second-order valence-corrected chi connectivity index (χ2v) is 3.86. The van der Waals surface area contributed by atoms with Crippen LogP contribution in [0.15, 0.2) is 41.9 Å². The van der Waals surface area contributed by atoms with Gasteiger partial charge in [-0.05, 0) is 24.6 Å². The van der Waals surface area contributed by atoms with Crippen molar-refractivity contribution in [3.8, 4) is 0 Å². The van der Waals surface area contributed by atoms with Crippen molar-refractivity contribution >= 4 is 23.8 Å². The van der Waals surface area contributed by atoms with Crippen LogP contribution in [-0.4, -0.2) is 24.8 Å². The van der Waals surface area contributed by atoms with Crippen molar-refractivity contribution in [3.05, 3.63) is 47.5 Å². The molecule has 0 N–H and O–H groups in total. The summed E-state index contributed by atoms with van der Waals surface area (Å²) >= 11 is 5.75. The van der Waals surface area contributed by atoms with Gasteiger partial charge in [0.15, 0.2) is 0 Å². The number of aliphatic imine (C=N–C) groups is 1. The SMILES string of the molecule is C=CCOC(=O)[C@H](C)N=Cc1ccc(Cl)cc1. The monoisotopic (exact) mass is 251 g/mol. The number of rotatable bonds is 5. The number of carbonyl (C=O) groups excluding carboxylic acids is 1. The number of carbonyl (C=O) groups is 1. The van der Waals surface area contributed by atoms with Gasteiger partial charge < -0.3 is 4.74 Å². The lowest BCUT2D eigenvalue weighted by atomic mass is 10.2. The van der Waals surface area contributed by atoms with Crippen LogP contribution >= 0.6 is 11.6 Å². The van der Waals surface area contributed by atoms with E-state index in [-0.39, 0.29) is 12.6 Å². The van der Waals surface area contributed by atoms with Crippen LogP contribution in [0.3, 0.4) is 0 Å². The minimum atomic E-state index is -0.523. The van der Waals surface area contributed by atoms with Crippen LogP contribution in [-0.2, 0) is 9.53 Å². The molecule has 0 bridgehead atoms. The molecule has 0 aliphatic carbocycles. The van der Waals surface area contributed by atoms with Crippen LogP contribution in [0.25, 0.3) is 0 Å². The molecule has 3 nitrogen and oxygen atoms in total. The Morgan fingerprint density at radius 2 is 2.18 bits per heavy atom. The van der Waals surface area contributed by atoms with Crippen LogP contribution in [0, 0.1) is 0 Å². The van der Waals surface area contributed by atoms with E-state index in [1.807, 2.05) is 12.1 Å². The van der Waals surface area contributed by atoms with Gasteiger partial charge in [-0.15, -0.1) is 0 Å². The molecule has 1 aromatic carbocycles. The van der Waals surface area contributed by atoms with Crippen molar-refractivity contribution in [1.29, 1.82) is 0 Å². The number of ether oxygens (including phenoxy) is 1. The first-order valence-corrected chi connectivity index (χ1v) is 5.57. The molecular weight excluding hydrogens is 238 g/mol. The zero-order valence-electron chi connectivity index (χ0n) is 9.60. The molecule has 0 unspecified atom stereocenters. The number of nitrogens with zero attached hydrogens (tertiary/aromatic N) is 1. The fourth-order valence-electron chi connectivity index (χ4n) is 1.07. The molecular formula is C13H14ClNO2. The lowest BCUT2D eigenvalue weighted by Gasteiger charge is -2.05.